The first-order valence-corrected chi connectivity index (χ1v) is 8.90. The van der Waals surface area contributed by atoms with Crippen LogP contribution in [0.2, 0.25) is 0 Å². The Labute approximate surface area is 160 Å². The Bertz CT molecular complexity index is 1150. The number of aromatic nitrogens is 5. The van der Waals surface area contributed by atoms with Crippen LogP contribution in [0.5, 0.6) is 5.75 Å². The summed E-state index contributed by atoms with van der Waals surface area (Å²) in [4.78, 5) is 4.54. The van der Waals surface area contributed by atoms with E-state index in [1.807, 2.05) is 18.2 Å². The Morgan fingerprint density at radius 2 is 1.89 bits per heavy atom. The molecule has 6 nitrogen and oxygen atoms in total. The number of methoxy groups -OCH3 is 1. The molecule has 4 rings (SSSR count). The van der Waals surface area contributed by atoms with Crippen LogP contribution in [0.15, 0.2) is 30.3 Å². The zero-order chi connectivity index (χ0) is 19.8. The Balaban J connectivity index is 1.82. The lowest BCUT2D eigenvalue weighted by molar-refractivity contribution is 0.373. The highest BCUT2D eigenvalue weighted by Crippen LogP contribution is 2.37. The molecule has 0 aliphatic carbocycles. The minimum Gasteiger partial charge on any atom is -0.493 e. The standard InChI is InChI=1S/C20H19F2N5O/c1-10(2)8-16-23-20(27-25-16)11-4-7-15-13(9-11)18(26-24-15)12-5-6-14(21)17(22)19(12)28-3/h4-7,9-10H,8H2,1-3H3,(H,24,26)(H,23,25,27). The quantitative estimate of drug-likeness (QED) is 0.532. The molecule has 2 N–H and O–H groups in total. The second-order valence-corrected chi connectivity index (χ2v) is 6.98. The number of hydrogen-bond donors (Lipinski definition) is 2. The van der Waals surface area contributed by atoms with Gasteiger partial charge in [-0.15, -0.1) is 0 Å². The Hall–Kier alpha value is -3.29. The summed E-state index contributed by atoms with van der Waals surface area (Å²) in [6.45, 7) is 4.22. The van der Waals surface area contributed by atoms with Crippen LogP contribution in [-0.2, 0) is 6.42 Å². The third-order valence-electron chi connectivity index (χ3n) is 4.46. The average molecular weight is 383 g/mol. The minimum atomic E-state index is -1.04. The highest BCUT2D eigenvalue weighted by Gasteiger charge is 2.20. The summed E-state index contributed by atoms with van der Waals surface area (Å²) >= 11 is 0. The highest BCUT2D eigenvalue weighted by atomic mass is 19.2. The van der Waals surface area contributed by atoms with Gasteiger partial charge in [0.2, 0.25) is 5.82 Å². The Kier molecular flexibility index (Phi) is 4.54. The van der Waals surface area contributed by atoms with Gasteiger partial charge in [0.15, 0.2) is 17.4 Å². The van der Waals surface area contributed by atoms with Crippen LogP contribution in [0.1, 0.15) is 19.7 Å². The van der Waals surface area contributed by atoms with Crippen molar-refractivity contribution in [2.24, 2.45) is 5.92 Å². The number of H-pyrrole nitrogens is 2. The summed E-state index contributed by atoms with van der Waals surface area (Å²) in [5.41, 5.74) is 2.37. The molecular formula is C20H19F2N5O. The molecule has 0 aliphatic heterocycles. The number of rotatable bonds is 5. The molecular weight excluding hydrogens is 364 g/mol. The van der Waals surface area contributed by atoms with E-state index >= 15 is 0 Å². The van der Waals surface area contributed by atoms with Crippen LogP contribution in [-0.4, -0.2) is 32.5 Å². The van der Waals surface area contributed by atoms with E-state index in [-0.39, 0.29) is 5.75 Å². The van der Waals surface area contributed by atoms with Crippen molar-refractivity contribution in [3.8, 4) is 28.4 Å². The predicted octanol–water partition coefficient (Wildman–Crippen LogP) is 4.50. The van der Waals surface area contributed by atoms with Gasteiger partial charge in [-0.3, -0.25) is 10.2 Å². The molecule has 0 fully saturated rings. The van der Waals surface area contributed by atoms with Gasteiger partial charge in [-0.2, -0.15) is 14.6 Å². The van der Waals surface area contributed by atoms with Crippen molar-refractivity contribution in [1.29, 1.82) is 0 Å². The lowest BCUT2D eigenvalue weighted by atomic mass is 10.0. The fourth-order valence-electron chi connectivity index (χ4n) is 3.18. The van der Waals surface area contributed by atoms with Gasteiger partial charge in [0.25, 0.3) is 0 Å². The third kappa shape index (κ3) is 3.11. The molecule has 4 aromatic rings. The summed E-state index contributed by atoms with van der Waals surface area (Å²) in [6.07, 6.45) is 0.804. The maximum Gasteiger partial charge on any atom is 0.201 e. The fourth-order valence-corrected chi connectivity index (χ4v) is 3.18. The van der Waals surface area contributed by atoms with Crippen molar-refractivity contribution in [2.45, 2.75) is 20.3 Å². The van der Waals surface area contributed by atoms with E-state index in [0.29, 0.717) is 23.0 Å². The summed E-state index contributed by atoms with van der Waals surface area (Å²) in [5.74, 6) is -0.346. The molecule has 2 heterocycles. The van der Waals surface area contributed by atoms with Gasteiger partial charge in [0.05, 0.1) is 12.6 Å². The van der Waals surface area contributed by atoms with E-state index in [0.717, 1.165) is 34.8 Å². The second kappa shape index (κ2) is 7.03. The average Bonchev–Trinajstić information content (AvgIpc) is 3.29. The molecule has 0 spiro atoms. The first-order valence-electron chi connectivity index (χ1n) is 8.90. The van der Waals surface area contributed by atoms with Gasteiger partial charge < -0.3 is 4.74 Å². The van der Waals surface area contributed by atoms with Crippen LogP contribution in [0.4, 0.5) is 8.78 Å². The normalized spacial score (nSPS) is 11.5. The van der Waals surface area contributed by atoms with Crippen molar-refractivity contribution in [1.82, 2.24) is 25.4 Å². The van der Waals surface area contributed by atoms with Crippen molar-refractivity contribution in [3.05, 3.63) is 47.8 Å². The van der Waals surface area contributed by atoms with Gasteiger partial charge in [0, 0.05) is 22.9 Å². The van der Waals surface area contributed by atoms with Crippen LogP contribution in [0, 0.1) is 17.6 Å². The minimum absolute atomic E-state index is 0.184. The number of aromatic amines is 2. The molecule has 144 valence electrons. The molecule has 2 aromatic carbocycles. The number of nitrogens with zero attached hydrogens (tertiary/aromatic N) is 3. The fraction of sp³-hybridized carbons (Fsp3) is 0.250. The molecule has 28 heavy (non-hydrogen) atoms. The van der Waals surface area contributed by atoms with Gasteiger partial charge in [0.1, 0.15) is 11.5 Å². The van der Waals surface area contributed by atoms with E-state index < -0.39 is 11.6 Å². The van der Waals surface area contributed by atoms with Crippen molar-refractivity contribution < 1.29 is 13.5 Å². The molecule has 0 atom stereocenters. The molecule has 8 heteroatoms. The topological polar surface area (TPSA) is 79.5 Å². The monoisotopic (exact) mass is 383 g/mol. The maximum atomic E-state index is 14.1. The van der Waals surface area contributed by atoms with Crippen LogP contribution < -0.4 is 4.74 Å². The second-order valence-electron chi connectivity index (χ2n) is 6.98. The Morgan fingerprint density at radius 3 is 2.64 bits per heavy atom. The first kappa shape index (κ1) is 18.1. The lowest BCUT2D eigenvalue weighted by Gasteiger charge is -2.08. The molecule has 0 bridgehead atoms. The van der Waals surface area contributed by atoms with Crippen LogP contribution in [0.3, 0.4) is 0 Å². The molecule has 2 aromatic heterocycles. The van der Waals surface area contributed by atoms with Gasteiger partial charge in [-0.1, -0.05) is 13.8 Å². The molecule has 0 saturated heterocycles. The van der Waals surface area contributed by atoms with Crippen LogP contribution >= 0.6 is 0 Å². The predicted molar refractivity (Wildman–Crippen MR) is 102 cm³/mol. The molecule has 0 radical (unpaired) electrons. The largest absolute Gasteiger partial charge is 0.493 e. The number of benzene rings is 2. The van der Waals surface area contributed by atoms with E-state index in [1.165, 1.54) is 13.2 Å². The SMILES string of the molecule is COc1c(-c2n[nH]c3ccc(-c4n[nH]c(CC(C)C)n4)cc23)ccc(F)c1F. The lowest BCUT2D eigenvalue weighted by Crippen LogP contribution is -1.96. The summed E-state index contributed by atoms with van der Waals surface area (Å²) in [7, 11) is 1.30. The molecule has 0 unspecified atom stereocenters. The smallest absolute Gasteiger partial charge is 0.201 e. The summed E-state index contributed by atoms with van der Waals surface area (Å²) in [5, 5.41) is 15.2. The van der Waals surface area contributed by atoms with Crippen molar-refractivity contribution >= 4 is 10.9 Å². The van der Waals surface area contributed by atoms with E-state index in [9.17, 15) is 8.78 Å². The molecule has 0 saturated carbocycles. The molecule has 0 aliphatic rings. The highest BCUT2D eigenvalue weighted by molar-refractivity contribution is 5.96. The number of ether oxygens (including phenoxy) is 1. The Morgan fingerprint density at radius 1 is 1.07 bits per heavy atom. The van der Waals surface area contributed by atoms with Crippen LogP contribution in [0.25, 0.3) is 33.5 Å². The zero-order valence-corrected chi connectivity index (χ0v) is 15.7. The zero-order valence-electron chi connectivity index (χ0n) is 15.7. The van der Waals surface area contributed by atoms with Crippen molar-refractivity contribution in [3.63, 3.8) is 0 Å². The van der Waals surface area contributed by atoms with E-state index in [1.54, 1.807) is 0 Å². The van der Waals surface area contributed by atoms with E-state index in [2.05, 4.69) is 39.2 Å². The summed E-state index contributed by atoms with van der Waals surface area (Å²) in [6, 6.07) is 8.12. The van der Waals surface area contributed by atoms with Crippen molar-refractivity contribution in [2.75, 3.05) is 7.11 Å². The number of hydrogen-bond acceptors (Lipinski definition) is 4. The first-order chi connectivity index (χ1) is 13.5. The third-order valence-corrected chi connectivity index (χ3v) is 4.46. The van der Waals surface area contributed by atoms with Gasteiger partial charge in [-0.05, 0) is 36.2 Å². The number of fused-ring (bicyclic) bond motifs is 1. The summed E-state index contributed by atoms with van der Waals surface area (Å²) < 4.78 is 32.8. The maximum absolute atomic E-state index is 14.1. The molecule has 0 amide bonds. The van der Waals surface area contributed by atoms with E-state index in [4.69, 9.17) is 4.74 Å². The number of halogens is 2. The van der Waals surface area contributed by atoms with Gasteiger partial charge >= 0.3 is 0 Å². The number of nitrogens with one attached hydrogen (secondary N) is 2. The van der Waals surface area contributed by atoms with Gasteiger partial charge in [-0.25, -0.2) is 9.37 Å².